The average molecular weight is 352 g/mol. The number of piperidine rings is 1. The van der Waals surface area contributed by atoms with E-state index < -0.39 is 0 Å². The van der Waals surface area contributed by atoms with Crippen LogP contribution in [0.1, 0.15) is 12.8 Å². The molecule has 26 heavy (non-hydrogen) atoms. The SMILES string of the molecule is CN(C)c1cc(N(C)C2CCCN(c3nccc4occc34)C2)ncn1. The largest absolute Gasteiger partial charge is 0.464 e. The van der Waals surface area contributed by atoms with Gasteiger partial charge in [0.15, 0.2) is 0 Å². The predicted molar refractivity (Wildman–Crippen MR) is 104 cm³/mol. The van der Waals surface area contributed by atoms with Gasteiger partial charge in [0, 0.05) is 52.5 Å². The van der Waals surface area contributed by atoms with E-state index in [1.165, 1.54) is 0 Å². The van der Waals surface area contributed by atoms with Crippen LogP contribution in [-0.4, -0.2) is 55.2 Å². The molecule has 7 heteroatoms. The third-order valence-corrected chi connectivity index (χ3v) is 5.06. The van der Waals surface area contributed by atoms with Crippen molar-refractivity contribution in [2.75, 3.05) is 48.9 Å². The molecule has 0 radical (unpaired) electrons. The fourth-order valence-electron chi connectivity index (χ4n) is 3.56. The van der Waals surface area contributed by atoms with Crippen molar-refractivity contribution >= 4 is 28.4 Å². The number of nitrogens with zero attached hydrogens (tertiary/aromatic N) is 6. The van der Waals surface area contributed by atoms with Gasteiger partial charge < -0.3 is 19.1 Å². The molecular weight excluding hydrogens is 328 g/mol. The first-order valence-corrected chi connectivity index (χ1v) is 8.93. The first-order valence-electron chi connectivity index (χ1n) is 8.93. The molecule has 4 heterocycles. The Hall–Kier alpha value is -2.83. The number of likely N-dealkylation sites (N-methyl/N-ethyl adjacent to an activating group) is 1. The highest BCUT2D eigenvalue weighted by Gasteiger charge is 2.26. The van der Waals surface area contributed by atoms with E-state index in [0.29, 0.717) is 6.04 Å². The van der Waals surface area contributed by atoms with Gasteiger partial charge >= 0.3 is 0 Å². The molecule has 1 fully saturated rings. The number of anilines is 3. The van der Waals surface area contributed by atoms with E-state index in [1.807, 2.05) is 43.4 Å². The second kappa shape index (κ2) is 6.82. The minimum Gasteiger partial charge on any atom is -0.464 e. The lowest BCUT2D eigenvalue weighted by Gasteiger charge is -2.39. The lowest BCUT2D eigenvalue weighted by Crippen LogP contribution is -2.47. The standard InChI is InChI=1S/C19H24N6O/c1-23(2)17-11-18(22-13-21-17)24(3)14-5-4-9-25(12-14)19-15-7-10-26-16(15)6-8-20-19/h6-8,10-11,13-14H,4-5,9,12H2,1-3H3. The molecule has 136 valence electrons. The third-order valence-electron chi connectivity index (χ3n) is 5.06. The number of aromatic nitrogens is 3. The van der Waals surface area contributed by atoms with Gasteiger partial charge in [0.25, 0.3) is 0 Å². The lowest BCUT2D eigenvalue weighted by molar-refractivity contribution is 0.484. The first-order chi connectivity index (χ1) is 12.6. The van der Waals surface area contributed by atoms with Crippen LogP contribution in [0, 0.1) is 0 Å². The second-order valence-electron chi connectivity index (χ2n) is 6.95. The molecule has 0 spiro atoms. The molecule has 1 aliphatic heterocycles. The van der Waals surface area contributed by atoms with Crippen molar-refractivity contribution in [2.24, 2.45) is 0 Å². The van der Waals surface area contributed by atoms with E-state index in [-0.39, 0.29) is 0 Å². The summed E-state index contributed by atoms with van der Waals surface area (Å²) >= 11 is 0. The highest BCUT2D eigenvalue weighted by Crippen LogP contribution is 2.29. The van der Waals surface area contributed by atoms with Gasteiger partial charge in [-0.1, -0.05) is 0 Å². The predicted octanol–water partition coefficient (Wildman–Crippen LogP) is 2.79. The molecule has 0 aromatic carbocycles. The summed E-state index contributed by atoms with van der Waals surface area (Å²) < 4.78 is 5.53. The van der Waals surface area contributed by atoms with Gasteiger partial charge in [0.1, 0.15) is 29.4 Å². The highest BCUT2D eigenvalue weighted by molar-refractivity contribution is 5.88. The van der Waals surface area contributed by atoms with Crippen LogP contribution >= 0.6 is 0 Å². The van der Waals surface area contributed by atoms with Gasteiger partial charge in [0.2, 0.25) is 0 Å². The van der Waals surface area contributed by atoms with E-state index in [0.717, 1.165) is 54.4 Å². The molecule has 1 unspecified atom stereocenters. The Morgan fingerprint density at radius 1 is 1.12 bits per heavy atom. The van der Waals surface area contributed by atoms with Gasteiger partial charge in [-0.15, -0.1) is 0 Å². The zero-order valence-corrected chi connectivity index (χ0v) is 15.5. The van der Waals surface area contributed by atoms with Gasteiger partial charge in [0.05, 0.1) is 11.6 Å². The molecule has 0 bridgehead atoms. The summed E-state index contributed by atoms with van der Waals surface area (Å²) in [5.41, 5.74) is 0.886. The number of rotatable bonds is 4. The molecule has 4 rings (SSSR count). The summed E-state index contributed by atoms with van der Waals surface area (Å²) in [6, 6.07) is 6.32. The van der Waals surface area contributed by atoms with Crippen molar-refractivity contribution < 1.29 is 4.42 Å². The normalized spacial score (nSPS) is 17.5. The topological polar surface area (TPSA) is 61.5 Å². The lowest BCUT2D eigenvalue weighted by atomic mass is 10.0. The average Bonchev–Trinajstić information content (AvgIpc) is 3.16. The minimum atomic E-state index is 0.373. The quantitative estimate of drug-likeness (QED) is 0.715. The number of hydrogen-bond donors (Lipinski definition) is 0. The zero-order valence-electron chi connectivity index (χ0n) is 15.5. The highest BCUT2D eigenvalue weighted by atomic mass is 16.3. The monoisotopic (exact) mass is 352 g/mol. The maximum absolute atomic E-state index is 5.53. The molecule has 7 nitrogen and oxygen atoms in total. The summed E-state index contributed by atoms with van der Waals surface area (Å²) in [5.74, 6) is 2.87. The van der Waals surface area contributed by atoms with Crippen molar-refractivity contribution in [1.29, 1.82) is 0 Å². The van der Waals surface area contributed by atoms with E-state index in [4.69, 9.17) is 4.42 Å². The molecule has 0 aliphatic carbocycles. The fourth-order valence-corrected chi connectivity index (χ4v) is 3.56. The third kappa shape index (κ3) is 3.05. The van der Waals surface area contributed by atoms with Crippen LogP contribution < -0.4 is 14.7 Å². The zero-order chi connectivity index (χ0) is 18.1. The Labute approximate surface area is 153 Å². The number of furan rings is 1. The van der Waals surface area contributed by atoms with Crippen LogP contribution in [0.3, 0.4) is 0 Å². The van der Waals surface area contributed by atoms with Crippen LogP contribution in [0.2, 0.25) is 0 Å². The Morgan fingerprint density at radius 2 is 1.96 bits per heavy atom. The van der Waals surface area contributed by atoms with Gasteiger partial charge in [-0.25, -0.2) is 15.0 Å². The molecule has 3 aromatic heterocycles. The first kappa shape index (κ1) is 16.6. The Bertz CT molecular complexity index is 892. The van der Waals surface area contributed by atoms with Crippen molar-refractivity contribution in [3.05, 3.63) is 37.0 Å². The van der Waals surface area contributed by atoms with E-state index in [1.54, 1.807) is 12.6 Å². The van der Waals surface area contributed by atoms with Crippen LogP contribution in [0.25, 0.3) is 11.0 Å². The van der Waals surface area contributed by atoms with Gasteiger partial charge in [-0.05, 0) is 25.0 Å². The Morgan fingerprint density at radius 3 is 2.81 bits per heavy atom. The molecule has 1 saturated heterocycles. The van der Waals surface area contributed by atoms with E-state index in [2.05, 4.69) is 31.8 Å². The Kier molecular flexibility index (Phi) is 4.36. The summed E-state index contributed by atoms with van der Waals surface area (Å²) in [6.45, 7) is 1.92. The van der Waals surface area contributed by atoms with Crippen molar-refractivity contribution in [2.45, 2.75) is 18.9 Å². The molecular formula is C19H24N6O. The summed E-state index contributed by atoms with van der Waals surface area (Å²) in [5, 5.41) is 1.08. The summed E-state index contributed by atoms with van der Waals surface area (Å²) in [6.07, 6.45) is 7.44. The maximum Gasteiger partial charge on any atom is 0.139 e. The fraction of sp³-hybridized carbons (Fsp3) is 0.421. The number of fused-ring (bicyclic) bond motifs is 1. The molecule has 0 amide bonds. The van der Waals surface area contributed by atoms with Crippen LogP contribution in [0.15, 0.2) is 41.4 Å². The van der Waals surface area contributed by atoms with Crippen LogP contribution in [0.4, 0.5) is 17.5 Å². The molecule has 0 saturated carbocycles. The van der Waals surface area contributed by atoms with Gasteiger partial charge in [-0.2, -0.15) is 0 Å². The maximum atomic E-state index is 5.53. The number of hydrogen-bond acceptors (Lipinski definition) is 7. The summed E-state index contributed by atoms with van der Waals surface area (Å²) in [4.78, 5) is 20.0. The molecule has 3 aromatic rings. The number of pyridine rings is 1. The molecule has 1 aliphatic rings. The van der Waals surface area contributed by atoms with Crippen molar-refractivity contribution in [3.8, 4) is 0 Å². The van der Waals surface area contributed by atoms with Crippen molar-refractivity contribution in [3.63, 3.8) is 0 Å². The second-order valence-corrected chi connectivity index (χ2v) is 6.95. The van der Waals surface area contributed by atoms with Gasteiger partial charge in [-0.3, -0.25) is 0 Å². The molecule has 1 atom stereocenters. The van der Waals surface area contributed by atoms with E-state index >= 15 is 0 Å². The van der Waals surface area contributed by atoms with Crippen LogP contribution in [0.5, 0.6) is 0 Å². The van der Waals surface area contributed by atoms with Crippen LogP contribution in [-0.2, 0) is 0 Å². The van der Waals surface area contributed by atoms with E-state index in [9.17, 15) is 0 Å². The summed E-state index contributed by atoms with van der Waals surface area (Å²) in [7, 11) is 6.10. The minimum absolute atomic E-state index is 0.373. The Balaban J connectivity index is 1.57. The van der Waals surface area contributed by atoms with Crippen molar-refractivity contribution in [1.82, 2.24) is 15.0 Å². The molecule has 0 N–H and O–H groups in total. The smallest absolute Gasteiger partial charge is 0.139 e.